The Morgan fingerprint density at radius 2 is 2.14 bits per heavy atom. The molecule has 10 nitrogen and oxygen atoms in total. The minimum absolute atomic E-state index is 0.185. The maximum Gasteiger partial charge on any atom is 0.309 e. The molecule has 4 atom stereocenters. The zero-order valence-corrected chi connectivity index (χ0v) is 11.1. The van der Waals surface area contributed by atoms with Gasteiger partial charge in [0.05, 0.1) is 13.7 Å². The number of anilines is 1. The monoisotopic (exact) mass is 297 g/mol. The highest BCUT2D eigenvalue weighted by Crippen LogP contribution is 2.27. The molecule has 0 radical (unpaired) electrons. The van der Waals surface area contributed by atoms with Crippen LogP contribution in [0.5, 0.6) is 5.88 Å². The average Bonchev–Trinajstić information content (AvgIpc) is 2.89. The van der Waals surface area contributed by atoms with Crippen LogP contribution in [0.25, 0.3) is 11.2 Å². The molecule has 3 rings (SSSR count). The summed E-state index contributed by atoms with van der Waals surface area (Å²) in [4.78, 5) is 7.54. The number of aliphatic hydroxyl groups is 3. The maximum absolute atomic E-state index is 11.9. The SMILES string of the molecule is Cn1c[n+]([C@@H]2OC(CO)C(O)C2O)c2nc(N)nc([O-])c21. The van der Waals surface area contributed by atoms with E-state index in [-0.39, 0.29) is 17.1 Å². The number of nitrogen functional groups attached to an aromatic ring is 1. The second-order valence-electron chi connectivity index (χ2n) is 4.92. The number of hydrogen-bond donors (Lipinski definition) is 4. The Hall–Kier alpha value is -2.01. The molecule has 1 aliphatic heterocycles. The predicted octanol–water partition coefficient (Wildman–Crippen LogP) is -3.48. The quantitative estimate of drug-likeness (QED) is 0.417. The third kappa shape index (κ3) is 2.00. The summed E-state index contributed by atoms with van der Waals surface area (Å²) in [5, 5.41) is 40.8. The zero-order valence-electron chi connectivity index (χ0n) is 11.1. The van der Waals surface area contributed by atoms with Crippen molar-refractivity contribution in [2.75, 3.05) is 12.3 Å². The van der Waals surface area contributed by atoms with E-state index in [1.54, 1.807) is 7.05 Å². The lowest BCUT2D eigenvalue weighted by atomic mass is 10.1. The molecule has 0 aromatic carbocycles. The Labute approximate surface area is 118 Å². The molecule has 5 N–H and O–H groups in total. The predicted molar refractivity (Wildman–Crippen MR) is 65.6 cm³/mol. The van der Waals surface area contributed by atoms with Crippen molar-refractivity contribution in [1.29, 1.82) is 0 Å². The first-order chi connectivity index (χ1) is 9.93. The van der Waals surface area contributed by atoms with Gasteiger partial charge in [-0.3, -0.25) is 4.57 Å². The number of aliphatic hydroxyl groups excluding tert-OH is 3. The summed E-state index contributed by atoms with van der Waals surface area (Å²) in [6.07, 6.45) is -2.94. The second-order valence-corrected chi connectivity index (χ2v) is 4.92. The molecule has 1 fully saturated rings. The summed E-state index contributed by atoms with van der Waals surface area (Å²) in [5.74, 6) is -0.746. The highest BCUT2D eigenvalue weighted by molar-refractivity contribution is 5.73. The van der Waals surface area contributed by atoms with Crippen molar-refractivity contribution in [2.24, 2.45) is 7.05 Å². The van der Waals surface area contributed by atoms with Crippen molar-refractivity contribution in [1.82, 2.24) is 14.5 Å². The standard InChI is InChI=1S/C11H15N5O5/c1-15-3-16(8-5(15)9(20)14-11(12)13-8)10-7(19)6(18)4(2-17)21-10/h3-4,6-7,10,17-19H,2H2,1H3,(H2-,12,13,14,20)/t4?,6?,7?,10-/m1/s1. The molecule has 0 aliphatic carbocycles. The lowest BCUT2D eigenvalue weighted by molar-refractivity contribution is -0.745. The van der Waals surface area contributed by atoms with E-state index in [0.717, 1.165) is 0 Å². The Bertz CT molecular complexity index is 689. The van der Waals surface area contributed by atoms with Crippen LogP contribution in [0.4, 0.5) is 5.95 Å². The molecule has 0 saturated carbocycles. The maximum atomic E-state index is 11.9. The van der Waals surface area contributed by atoms with Gasteiger partial charge in [-0.1, -0.05) is 4.98 Å². The summed E-state index contributed by atoms with van der Waals surface area (Å²) >= 11 is 0. The Morgan fingerprint density at radius 3 is 2.76 bits per heavy atom. The van der Waals surface area contributed by atoms with Crippen molar-refractivity contribution in [3.8, 4) is 5.88 Å². The minimum atomic E-state index is -1.27. The summed E-state index contributed by atoms with van der Waals surface area (Å²) in [6.45, 7) is -0.440. The number of fused-ring (bicyclic) bond motifs is 1. The van der Waals surface area contributed by atoms with Gasteiger partial charge >= 0.3 is 5.65 Å². The van der Waals surface area contributed by atoms with Crippen molar-refractivity contribution < 1.29 is 29.7 Å². The molecule has 21 heavy (non-hydrogen) atoms. The van der Waals surface area contributed by atoms with Crippen molar-refractivity contribution >= 4 is 17.1 Å². The fourth-order valence-electron chi connectivity index (χ4n) is 2.52. The van der Waals surface area contributed by atoms with Gasteiger partial charge in [-0.05, 0) is 0 Å². The molecule has 0 spiro atoms. The molecule has 2 aromatic heterocycles. The lowest BCUT2D eigenvalue weighted by Crippen LogP contribution is -2.46. The third-order valence-electron chi connectivity index (χ3n) is 3.54. The number of hydrogen-bond acceptors (Lipinski definition) is 8. The smallest absolute Gasteiger partial charge is 0.309 e. The summed E-state index contributed by atoms with van der Waals surface area (Å²) < 4.78 is 8.28. The lowest BCUT2D eigenvalue weighted by Gasteiger charge is -2.12. The highest BCUT2D eigenvalue weighted by Gasteiger charge is 2.46. The number of aromatic nitrogens is 4. The number of nitrogens with zero attached hydrogens (tertiary/aromatic N) is 4. The first kappa shape index (κ1) is 13.9. The molecule has 1 saturated heterocycles. The van der Waals surface area contributed by atoms with Gasteiger partial charge in [0.25, 0.3) is 5.95 Å². The van der Waals surface area contributed by atoms with Crippen LogP contribution in [0.3, 0.4) is 0 Å². The van der Waals surface area contributed by atoms with Crippen LogP contribution in [-0.4, -0.2) is 54.8 Å². The fraction of sp³-hybridized carbons (Fsp3) is 0.545. The third-order valence-corrected chi connectivity index (χ3v) is 3.54. The molecule has 0 bridgehead atoms. The van der Waals surface area contributed by atoms with Gasteiger partial charge < -0.3 is 30.9 Å². The molecule has 114 valence electrons. The number of aryl methyl sites for hydroxylation is 1. The molecule has 3 unspecified atom stereocenters. The minimum Gasteiger partial charge on any atom is -0.856 e. The zero-order chi connectivity index (χ0) is 15.3. The average molecular weight is 297 g/mol. The topological polar surface area (TPSA) is 154 Å². The number of imidazole rings is 1. The highest BCUT2D eigenvalue weighted by atomic mass is 16.6. The van der Waals surface area contributed by atoms with Crippen molar-refractivity contribution in [3.63, 3.8) is 0 Å². The van der Waals surface area contributed by atoms with Gasteiger partial charge in [-0.2, -0.15) is 0 Å². The fourth-order valence-corrected chi connectivity index (χ4v) is 2.52. The normalized spacial score (nSPS) is 29.3. The van der Waals surface area contributed by atoms with Crippen LogP contribution >= 0.6 is 0 Å². The van der Waals surface area contributed by atoms with E-state index in [1.165, 1.54) is 15.5 Å². The first-order valence-electron chi connectivity index (χ1n) is 6.27. The van der Waals surface area contributed by atoms with Crippen LogP contribution in [0.1, 0.15) is 6.23 Å². The second kappa shape index (κ2) is 4.77. The summed E-state index contributed by atoms with van der Waals surface area (Å²) in [7, 11) is 1.61. The molecule has 2 aromatic rings. The van der Waals surface area contributed by atoms with Gasteiger partial charge in [-0.25, -0.2) is 9.55 Å². The summed E-state index contributed by atoms with van der Waals surface area (Å²) in [5.41, 5.74) is 5.86. The van der Waals surface area contributed by atoms with Gasteiger partial charge in [0.2, 0.25) is 6.23 Å². The van der Waals surface area contributed by atoms with Crippen molar-refractivity contribution in [3.05, 3.63) is 6.33 Å². The first-order valence-corrected chi connectivity index (χ1v) is 6.27. The number of ether oxygens (including phenoxy) is 1. The van der Waals surface area contributed by atoms with Crippen LogP contribution in [0.2, 0.25) is 0 Å². The summed E-state index contributed by atoms with van der Waals surface area (Å²) in [6, 6.07) is 0. The molecule has 1 aliphatic rings. The van der Waals surface area contributed by atoms with E-state index < -0.39 is 37.0 Å². The van der Waals surface area contributed by atoms with Crippen LogP contribution < -0.4 is 15.4 Å². The number of nitrogens with two attached hydrogens (primary N) is 1. The van der Waals surface area contributed by atoms with Gasteiger partial charge in [0.15, 0.2) is 11.8 Å². The Balaban J connectivity index is 2.13. The van der Waals surface area contributed by atoms with Gasteiger partial charge in [0, 0.05) is 5.88 Å². The number of rotatable bonds is 2. The Morgan fingerprint density at radius 1 is 1.43 bits per heavy atom. The molecular weight excluding hydrogens is 282 g/mol. The van der Waals surface area contributed by atoms with Crippen LogP contribution in [0.15, 0.2) is 6.33 Å². The van der Waals surface area contributed by atoms with Gasteiger partial charge in [-0.15, -0.1) is 0 Å². The van der Waals surface area contributed by atoms with Crippen LogP contribution in [0, 0.1) is 0 Å². The van der Waals surface area contributed by atoms with E-state index >= 15 is 0 Å². The van der Waals surface area contributed by atoms with E-state index in [0.29, 0.717) is 0 Å². The molecule has 0 amide bonds. The molecule has 10 heteroatoms. The molecule has 3 heterocycles. The van der Waals surface area contributed by atoms with Gasteiger partial charge in [0.1, 0.15) is 18.3 Å². The van der Waals surface area contributed by atoms with E-state index in [2.05, 4.69) is 9.97 Å². The largest absolute Gasteiger partial charge is 0.856 e. The van der Waals surface area contributed by atoms with Crippen molar-refractivity contribution in [2.45, 2.75) is 24.5 Å². The van der Waals surface area contributed by atoms with E-state index in [4.69, 9.17) is 15.6 Å². The van der Waals surface area contributed by atoms with E-state index in [9.17, 15) is 15.3 Å². The van der Waals surface area contributed by atoms with Crippen LogP contribution in [-0.2, 0) is 11.8 Å². The Kier molecular flexibility index (Phi) is 3.17. The van der Waals surface area contributed by atoms with E-state index in [1.807, 2.05) is 0 Å². The molecular formula is C11H15N5O5.